The van der Waals surface area contributed by atoms with Crippen LogP contribution in [0.3, 0.4) is 0 Å². The topological polar surface area (TPSA) is 23.5 Å². The molecule has 1 N–H and O–H groups in total. The van der Waals surface area contributed by atoms with Crippen molar-refractivity contribution in [2.75, 3.05) is 13.1 Å². The normalized spacial score (nSPS) is 32.9. The highest BCUT2D eigenvalue weighted by Crippen LogP contribution is 2.49. The summed E-state index contributed by atoms with van der Waals surface area (Å²) in [6.45, 7) is 11.4. The van der Waals surface area contributed by atoms with Crippen LogP contribution in [-0.4, -0.2) is 29.1 Å². The van der Waals surface area contributed by atoms with Crippen LogP contribution in [0.1, 0.15) is 45.2 Å². The van der Waals surface area contributed by atoms with Crippen LogP contribution in [0.15, 0.2) is 29.8 Å². The van der Waals surface area contributed by atoms with Crippen molar-refractivity contribution in [1.82, 2.24) is 4.90 Å². The van der Waals surface area contributed by atoms with Crippen molar-refractivity contribution in [3.63, 3.8) is 0 Å². The van der Waals surface area contributed by atoms with E-state index in [0.717, 1.165) is 19.5 Å². The molecular formula is C19H27NO. The van der Waals surface area contributed by atoms with Crippen LogP contribution in [-0.2, 0) is 11.8 Å². The van der Waals surface area contributed by atoms with Gasteiger partial charge in [0.15, 0.2) is 0 Å². The molecule has 1 aromatic rings. The summed E-state index contributed by atoms with van der Waals surface area (Å²) in [5.74, 6) is 1.04. The monoisotopic (exact) mass is 285 g/mol. The van der Waals surface area contributed by atoms with Gasteiger partial charge in [-0.05, 0) is 67.8 Å². The van der Waals surface area contributed by atoms with Crippen LogP contribution < -0.4 is 0 Å². The molecule has 1 saturated heterocycles. The van der Waals surface area contributed by atoms with Gasteiger partial charge in [-0.25, -0.2) is 0 Å². The zero-order valence-electron chi connectivity index (χ0n) is 13.7. The lowest BCUT2D eigenvalue weighted by Gasteiger charge is -2.54. The van der Waals surface area contributed by atoms with Crippen LogP contribution in [0.4, 0.5) is 0 Å². The molecule has 1 unspecified atom stereocenters. The number of likely N-dealkylation sites (tertiary alicyclic amines) is 1. The molecule has 1 aromatic carbocycles. The summed E-state index contributed by atoms with van der Waals surface area (Å²) < 4.78 is 0. The largest absolute Gasteiger partial charge is 0.508 e. The maximum atomic E-state index is 9.87. The Hall–Kier alpha value is -1.28. The number of nitrogens with zero attached hydrogens (tertiary/aromatic N) is 1. The lowest BCUT2D eigenvalue weighted by Crippen LogP contribution is -2.58. The fourth-order valence-electron chi connectivity index (χ4n) is 4.30. The minimum Gasteiger partial charge on any atom is -0.508 e. The van der Waals surface area contributed by atoms with E-state index in [4.69, 9.17) is 0 Å². The predicted octanol–water partition coefficient (Wildman–Crippen LogP) is 3.88. The second kappa shape index (κ2) is 5.17. The van der Waals surface area contributed by atoms with E-state index >= 15 is 0 Å². The molecule has 1 aliphatic heterocycles. The molecule has 2 nitrogen and oxygen atoms in total. The average molecular weight is 285 g/mol. The molecule has 2 aliphatic rings. The molecule has 1 aliphatic carbocycles. The first-order valence-corrected chi connectivity index (χ1v) is 8.14. The Morgan fingerprint density at radius 1 is 1.48 bits per heavy atom. The lowest BCUT2D eigenvalue weighted by molar-refractivity contribution is 0.0380. The van der Waals surface area contributed by atoms with Crippen molar-refractivity contribution in [2.24, 2.45) is 5.92 Å². The van der Waals surface area contributed by atoms with Gasteiger partial charge < -0.3 is 5.11 Å². The quantitative estimate of drug-likeness (QED) is 0.834. The smallest absolute Gasteiger partial charge is 0.115 e. The molecule has 0 aromatic heterocycles. The van der Waals surface area contributed by atoms with E-state index in [-0.39, 0.29) is 5.41 Å². The Balaban J connectivity index is 1.98. The van der Waals surface area contributed by atoms with E-state index in [2.05, 4.69) is 44.7 Å². The van der Waals surface area contributed by atoms with Crippen LogP contribution in [0.2, 0.25) is 0 Å². The first-order chi connectivity index (χ1) is 9.95. The zero-order valence-corrected chi connectivity index (χ0v) is 13.7. The molecule has 0 radical (unpaired) electrons. The molecule has 1 fully saturated rings. The van der Waals surface area contributed by atoms with Gasteiger partial charge in [-0.15, -0.1) is 0 Å². The van der Waals surface area contributed by atoms with Crippen LogP contribution in [0.25, 0.3) is 0 Å². The highest BCUT2D eigenvalue weighted by molar-refractivity contribution is 5.44. The van der Waals surface area contributed by atoms with E-state index in [1.807, 2.05) is 12.1 Å². The molecule has 3 rings (SSSR count). The fraction of sp³-hybridized carbons (Fsp3) is 0.579. The van der Waals surface area contributed by atoms with Crippen LogP contribution in [0.5, 0.6) is 5.75 Å². The Kier molecular flexibility index (Phi) is 3.61. The van der Waals surface area contributed by atoms with E-state index in [1.165, 1.54) is 23.1 Å². The lowest BCUT2D eigenvalue weighted by atomic mass is 9.59. The number of fused-ring (bicyclic) bond motifs is 4. The van der Waals surface area contributed by atoms with Crippen molar-refractivity contribution in [1.29, 1.82) is 0 Å². The van der Waals surface area contributed by atoms with Crippen molar-refractivity contribution in [3.8, 4) is 5.75 Å². The number of phenolic OH excluding ortho intramolecular Hbond substituents is 1. The molecule has 0 saturated carbocycles. The fourth-order valence-corrected chi connectivity index (χ4v) is 4.30. The summed E-state index contributed by atoms with van der Waals surface area (Å²) in [5, 5.41) is 9.87. The van der Waals surface area contributed by atoms with Crippen molar-refractivity contribution >= 4 is 0 Å². The first kappa shape index (κ1) is 14.6. The number of aromatic hydroxyl groups is 1. The summed E-state index contributed by atoms with van der Waals surface area (Å²) in [7, 11) is 0. The molecule has 3 atom stereocenters. The van der Waals surface area contributed by atoms with E-state index < -0.39 is 0 Å². The van der Waals surface area contributed by atoms with Crippen molar-refractivity contribution in [3.05, 3.63) is 41.0 Å². The minimum atomic E-state index is 0.206. The van der Waals surface area contributed by atoms with E-state index in [9.17, 15) is 5.11 Å². The number of benzene rings is 1. The van der Waals surface area contributed by atoms with Gasteiger partial charge in [-0.3, -0.25) is 4.90 Å². The number of rotatable bonds is 2. The maximum Gasteiger partial charge on any atom is 0.115 e. The highest BCUT2D eigenvalue weighted by Gasteiger charge is 2.48. The molecule has 21 heavy (non-hydrogen) atoms. The molecule has 114 valence electrons. The molecule has 0 spiro atoms. The summed E-state index contributed by atoms with van der Waals surface area (Å²) in [5.41, 5.74) is 4.48. The third-order valence-electron chi connectivity index (χ3n) is 6.05. The van der Waals surface area contributed by atoms with Gasteiger partial charge in [0.1, 0.15) is 5.75 Å². The van der Waals surface area contributed by atoms with Gasteiger partial charge in [0.25, 0.3) is 0 Å². The van der Waals surface area contributed by atoms with Crippen molar-refractivity contribution in [2.45, 2.75) is 52.0 Å². The molecule has 1 heterocycles. The molecule has 0 amide bonds. The zero-order chi connectivity index (χ0) is 15.2. The number of piperidine rings is 1. The van der Waals surface area contributed by atoms with Gasteiger partial charge >= 0.3 is 0 Å². The number of allylic oxidation sites excluding steroid dienone is 1. The molecule has 2 bridgehead atoms. The van der Waals surface area contributed by atoms with Crippen molar-refractivity contribution < 1.29 is 5.11 Å². The second-order valence-electron chi connectivity index (χ2n) is 7.17. The second-order valence-corrected chi connectivity index (χ2v) is 7.17. The minimum absolute atomic E-state index is 0.206. The number of phenols is 1. The Bertz CT molecular complexity index is 577. The highest BCUT2D eigenvalue weighted by atomic mass is 16.3. The van der Waals surface area contributed by atoms with E-state index in [1.54, 1.807) is 0 Å². The van der Waals surface area contributed by atoms with E-state index in [0.29, 0.717) is 17.7 Å². The summed E-state index contributed by atoms with van der Waals surface area (Å²) in [6, 6.07) is 6.61. The predicted molar refractivity (Wildman–Crippen MR) is 87.7 cm³/mol. The third-order valence-corrected chi connectivity index (χ3v) is 6.05. The summed E-state index contributed by atoms with van der Waals surface area (Å²) in [6.07, 6.45) is 4.52. The maximum absolute atomic E-state index is 9.87. The van der Waals surface area contributed by atoms with Gasteiger partial charge in [0.2, 0.25) is 0 Å². The van der Waals surface area contributed by atoms with Gasteiger partial charge in [0, 0.05) is 12.6 Å². The first-order valence-electron chi connectivity index (χ1n) is 8.14. The molecular weight excluding hydrogens is 258 g/mol. The summed E-state index contributed by atoms with van der Waals surface area (Å²) >= 11 is 0. The third kappa shape index (κ3) is 2.30. The summed E-state index contributed by atoms with van der Waals surface area (Å²) in [4.78, 5) is 2.66. The van der Waals surface area contributed by atoms with Gasteiger partial charge in [-0.1, -0.05) is 31.6 Å². The average Bonchev–Trinajstić information content (AvgIpc) is 2.46. The standard InChI is InChI=1S/C19H27NO/c1-5-13(2)12-20-9-8-19(4)14(3)18(20)10-15-6-7-16(21)11-17(15)19/h5-7,11,14,18,21H,8-10,12H2,1-4H3/b13-5+/t14?,18-,19-/m0/s1. The Labute approximate surface area is 128 Å². The van der Waals surface area contributed by atoms with Crippen LogP contribution in [0, 0.1) is 5.92 Å². The number of hydrogen-bond donors (Lipinski definition) is 1. The number of hydrogen-bond acceptors (Lipinski definition) is 2. The van der Waals surface area contributed by atoms with Gasteiger partial charge in [-0.2, -0.15) is 0 Å². The Morgan fingerprint density at radius 2 is 2.24 bits per heavy atom. The Morgan fingerprint density at radius 3 is 2.95 bits per heavy atom. The van der Waals surface area contributed by atoms with Crippen LogP contribution >= 0.6 is 0 Å². The molecule has 2 heteroatoms. The van der Waals surface area contributed by atoms with Gasteiger partial charge in [0.05, 0.1) is 0 Å². The SMILES string of the molecule is C/C=C(\C)CN1CC[C@]2(C)c3cc(O)ccc3C[C@H]1C2C.